The molecule has 0 heterocycles. The van der Waals surface area contributed by atoms with E-state index in [4.69, 9.17) is 0 Å². The Balaban J connectivity index is 2.54. The van der Waals surface area contributed by atoms with Gasteiger partial charge in [0, 0.05) is 0 Å². The van der Waals surface area contributed by atoms with Crippen molar-refractivity contribution in [3.05, 3.63) is 76.9 Å². The highest BCUT2D eigenvalue weighted by atomic mass is 19.4. The minimum Gasteiger partial charge on any atom is -0.166 e. The zero-order valence-corrected chi connectivity index (χ0v) is 12.7. The molecule has 0 saturated heterocycles. The van der Waals surface area contributed by atoms with Crippen LogP contribution in [-0.2, 0) is 6.18 Å². The van der Waals surface area contributed by atoms with Gasteiger partial charge in [-0.25, -0.2) is 0 Å². The summed E-state index contributed by atoms with van der Waals surface area (Å²) in [5.41, 5.74) is 3.54. The fourth-order valence-corrected chi connectivity index (χ4v) is 2.61. The highest BCUT2D eigenvalue weighted by Crippen LogP contribution is 2.33. The lowest BCUT2D eigenvalue weighted by atomic mass is 9.90. The molecule has 0 aliphatic carbocycles. The Morgan fingerprint density at radius 3 is 1.73 bits per heavy atom. The van der Waals surface area contributed by atoms with Crippen molar-refractivity contribution in [1.82, 2.24) is 0 Å². The summed E-state index contributed by atoms with van der Waals surface area (Å²) in [6, 6.07) is 15.3. The summed E-state index contributed by atoms with van der Waals surface area (Å²) in [5.74, 6) is 0. The van der Waals surface area contributed by atoms with Gasteiger partial charge < -0.3 is 0 Å². The molecule has 0 bridgehead atoms. The minimum atomic E-state index is -4.30. The molecule has 0 aliphatic rings. The molecule has 0 N–H and O–H groups in total. The molecule has 0 saturated carbocycles. The third-order valence-electron chi connectivity index (χ3n) is 3.77. The van der Waals surface area contributed by atoms with E-state index in [0.29, 0.717) is 0 Å². The molecular formula is C19H19F3. The molecule has 0 fully saturated rings. The molecule has 0 aromatic heterocycles. The maximum absolute atomic E-state index is 12.7. The molecule has 2 rings (SSSR count). The van der Waals surface area contributed by atoms with Crippen molar-refractivity contribution < 1.29 is 13.2 Å². The minimum absolute atomic E-state index is 0.613. The van der Waals surface area contributed by atoms with Crippen molar-refractivity contribution >= 4 is 5.57 Å². The number of benzene rings is 2. The van der Waals surface area contributed by atoms with Crippen molar-refractivity contribution in [1.29, 1.82) is 0 Å². The Bertz CT molecular complexity index is 629. The maximum Gasteiger partial charge on any atom is 0.416 e. The predicted molar refractivity (Wildman–Crippen MR) is 84.5 cm³/mol. The second-order valence-electron chi connectivity index (χ2n) is 5.13. The zero-order chi connectivity index (χ0) is 16.2. The largest absolute Gasteiger partial charge is 0.416 e. The molecule has 0 nitrogen and oxygen atoms in total. The van der Waals surface area contributed by atoms with Gasteiger partial charge in [0.05, 0.1) is 5.56 Å². The molecule has 0 spiro atoms. The van der Waals surface area contributed by atoms with Crippen molar-refractivity contribution in [3.8, 4) is 0 Å². The maximum atomic E-state index is 12.7. The quantitative estimate of drug-likeness (QED) is 0.619. The molecule has 0 radical (unpaired) electrons. The summed E-state index contributed by atoms with van der Waals surface area (Å²) in [5, 5.41) is 0. The Kier molecular flexibility index (Phi) is 5.07. The lowest BCUT2D eigenvalue weighted by molar-refractivity contribution is -0.137. The van der Waals surface area contributed by atoms with Crippen molar-refractivity contribution in [2.75, 3.05) is 0 Å². The van der Waals surface area contributed by atoms with E-state index in [0.717, 1.165) is 41.7 Å². The monoisotopic (exact) mass is 304 g/mol. The van der Waals surface area contributed by atoms with E-state index in [1.54, 1.807) is 12.1 Å². The van der Waals surface area contributed by atoms with Gasteiger partial charge >= 0.3 is 6.18 Å². The van der Waals surface area contributed by atoms with Crippen LogP contribution in [-0.4, -0.2) is 0 Å². The van der Waals surface area contributed by atoms with Crippen molar-refractivity contribution in [3.63, 3.8) is 0 Å². The highest BCUT2D eigenvalue weighted by molar-refractivity contribution is 5.82. The van der Waals surface area contributed by atoms with Crippen LogP contribution in [0.4, 0.5) is 13.2 Å². The predicted octanol–water partition coefficient (Wildman–Crippen LogP) is 6.33. The van der Waals surface area contributed by atoms with Crippen LogP contribution < -0.4 is 0 Å². The SMILES string of the molecule is CCC(CC)=C(c1ccccc1)c1ccc(C(F)(F)F)cc1. The summed E-state index contributed by atoms with van der Waals surface area (Å²) >= 11 is 0. The Morgan fingerprint density at radius 2 is 1.27 bits per heavy atom. The summed E-state index contributed by atoms with van der Waals surface area (Å²) in [7, 11) is 0. The zero-order valence-electron chi connectivity index (χ0n) is 12.7. The fraction of sp³-hybridized carbons (Fsp3) is 0.263. The first-order valence-electron chi connectivity index (χ1n) is 7.42. The van der Waals surface area contributed by atoms with Gasteiger partial charge in [-0.2, -0.15) is 13.2 Å². The number of hydrogen-bond acceptors (Lipinski definition) is 0. The van der Waals surface area contributed by atoms with Gasteiger partial charge in [-0.3, -0.25) is 0 Å². The summed E-state index contributed by atoms with van der Waals surface area (Å²) in [6.07, 6.45) is -2.54. The van der Waals surface area contributed by atoms with Crippen LogP contribution in [0.25, 0.3) is 5.57 Å². The third kappa shape index (κ3) is 3.59. The second kappa shape index (κ2) is 6.82. The van der Waals surface area contributed by atoms with Gasteiger partial charge in [-0.1, -0.05) is 61.9 Å². The van der Waals surface area contributed by atoms with Gasteiger partial charge in [-0.05, 0) is 41.7 Å². The fourth-order valence-electron chi connectivity index (χ4n) is 2.61. The van der Waals surface area contributed by atoms with E-state index in [1.165, 1.54) is 5.57 Å². The van der Waals surface area contributed by atoms with Gasteiger partial charge in [0.2, 0.25) is 0 Å². The molecule has 2 aromatic rings. The third-order valence-corrected chi connectivity index (χ3v) is 3.77. The van der Waals surface area contributed by atoms with E-state index in [-0.39, 0.29) is 0 Å². The highest BCUT2D eigenvalue weighted by Gasteiger charge is 2.30. The topological polar surface area (TPSA) is 0 Å². The molecule has 0 amide bonds. The van der Waals surface area contributed by atoms with Crippen molar-refractivity contribution in [2.24, 2.45) is 0 Å². The van der Waals surface area contributed by atoms with Crippen LogP contribution in [0.15, 0.2) is 60.2 Å². The normalized spacial score (nSPS) is 11.3. The summed E-state index contributed by atoms with van der Waals surface area (Å²) in [4.78, 5) is 0. The number of hydrogen-bond donors (Lipinski definition) is 0. The van der Waals surface area contributed by atoms with Crippen LogP contribution in [0.2, 0.25) is 0 Å². The van der Waals surface area contributed by atoms with Gasteiger partial charge in [-0.15, -0.1) is 0 Å². The van der Waals surface area contributed by atoms with Crippen LogP contribution in [0.3, 0.4) is 0 Å². The van der Waals surface area contributed by atoms with Crippen LogP contribution in [0.1, 0.15) is 43.4 Å². The second-order valence-corrected chi connectivity index (χ2v) is 5.13. The van der Waals surface area contributed by atoms with E-state index in [9.17, 15) is 13.2 Å². The van der Waals surface area contributed by atoms with Gasteiger partial charge in [0.15, 0.2) is 0 Å². The van der Waals surface area contributed by atoms with Crippen LogP contribution in [0.5, 0.6) is 0 Å². The molecule has 0 unspecified atom stereocenters. The molecule has 0 aliphatic heterocycles. The first-order valence-corrected chi connectivity index (χ1v) is 7.42. The lowest BCUT2D eigenvalue weighted by Gasteiger charge is -2.15. The lowest BCUT2D eigenvalue weighted by Crippen LogP contribution is -2.04. The summed E-state index contributed by atoms with van der Waals surface area (Å²) < 4.78 is 38.2. The number of alkyl halides is 3. The van der Waals surface area contributed by atoms with Crippen molar-refractivity contribution in [2.45, 2.75) is 32.9 Å². The first kappa shape index (κ1) is 16.3. The standard InChI is InChI=1S/C19H19F3/c1-3-14(4-2)18(15-8-6-5-7-9-15)16-10-12-17(13-11-16)19(20,21)22/h5-13H,3-4H2,1-2H3. The number of halogens is 3. The van der Waals surface area contributed by atoms with E-state index in [2.05, 4.69) is 13.8 Å². The average molecular weight is 304 g/mol. The van der Waals surface area contributed by atoms with Crippen LogP contribution in [0, 0.1) is 0 Å². The smallest absolute Gasteiger partial charge is 0.166 e. The number of allylic oxidation sites excluding steroid dienone is 1. The van der Waals surface area contributed by atoms with Crippen LogP contribution >= 0.6 is 0 Å². The number of rotatable bonds is 4. The molecule has 116 valence electrons. The first-order chi connectivity index (χ1) is 10.5. The molecule has 2 aromatic carbocycles. The van der Waals surface area contributed by atoms with Gasteiger partial charge in [0.25, 0.3) is 0 Å². The molecular weight excluding hydrogens is 285 g/mol. The van der Waals surface area contributed by atoms with E-state index < -0.39 is 11.7 Å². The Morgan fingerprint density at radius 1 is 0.773 bits per heavy atom. The Hall–Kier alpha value is -2.03. The molecule has 0 atom stereocenters. The van der Waals surface area contributed by atoms with E-state index >= 15 is 0 Å². The molecule has 22 heavy (non-hydrogen) atoms. The van der Waals surface area contributed by atoms with E-state index in [1.807, 2.05) is 30.3 Å². The molecule has 3 heteroatoms. The Labute approximate surface area is 129 Å². The average Bonchev–Trinajstić information content (AvgIpc) is 2.52. The summed E-state index contributed by atoms with van der Waals surface area (Å²) in [6.45, 7) is 4.15. The van der Waals surface area contributed by atoms with Gasteiger partial charge in [0.1, 0.15) is 0 Å².